The molecule has 0 spiro atoms. The maximum Gasteiger partial charge on any atom is 0.263 e. The molecule has 6 heteroatoms. The SMILES string of the molecule is CC(N)Cn1c(Cl)nc2cccc(Br)c2c1=O. The summed E-state index contributed by atoms with van der Waals surface area (Å²) in [6, 6.07) is 5.21. The van der Waals surface area contributed by atoms with E-state index in [2.05, 4.69) is 20.9 Å². The molecule has 0 aliphatic heterocycles. The van der Waals surface area contributed by atoms with Crippen LogP contribution in [0, 0.1) is 0 Å². The van der Waals surface area contributed by atoms with Gasteiger partial charge < -0.3 is 5.73 Å². The second-order valence-corrected chi connectivity index (χ2v) is 5.10. The molecule has 0 amide bonds. The molecule has 4 nitrogen and oxygen atoms in total. The fourth-order valence-electron chi connectivity index (χ4n) is 1.64. The van der Waals surface area contributed by atoms with Gasteiger partial charge in [0.2, 0.25) is 5.28 Å². The lowest BCUT2D eigenvalue weighted by Crippen LogP contribution is -2.31. The molecule has 1 aromatic heterocycles. The summed E-state index contributed by atoms with van der Waals surface area (Å²) in [7, 11) is 0. The highest BCUT2D eigenvalue weighted by Gasteiger charge is 2.12. The molecule has 2 N–H and O–H groups in total. The summed E-state index contributed by atoms with van der Waals surface area (Å²) in [6.45, 7) is 2.16. The minimum absolute atomic E-state index is 0.160. The van der Waals surface area contributed by atoms with Gasteiger partial charge in [0.1, 0.15) is 0 Å². The fourth-order valence-corrected chi connectivity index (χ4v) is 2.40. The number of benzene rings is 1. The van der Waals surface area contributed by atoms with Gasteiger partial charge in [0.25, 0.3) is 5.56 Å². The Morgan fingerprint density at radius 3 is 2.94 bits per heavy atom. The first-order valence-electron chi connectivity index (χ1n) is 5.11. The monoisotopic (exact) mass is 315 g/mol. The topological polar surface area (TPSA) is 60.9 Å². The Hall–Kier alpha value is -0.910. The Bertz CT molecular complexity index is 624. The number of fused-ring (bicyclic) bond motifs is 1. The fraction of sp³-hybridized carbons (Fsp3) is 0.273. The first kappa shape index (κ1) is 12.5. The van der Waals surface area contributed by atoms with Crippen molar-refractivity contribution in [1.82, 2.24) is 9.55 Å². The molecule has 1 heterocycles. The number of nitrogens with two attached hydrogens (primary N) is 1. The van der Waals surface area contributed by atoms with E-state index in [1.54, 1.807) is 12.1 Å². The van der Waals surface area contributed by atoms with Gasteiger partial charge in [-0.05, 0) is 46.6 Å². The van der Waals surface area contributed by atoms with Crippen LogP contribution in [0.3, 0.4) is 0 Å². The van der Waals surface area contributed by atoms with Gasteiger partial charge >= 0.3 is 0 Å². The molecular weight excluding hydrogens is 305 g/mol. The van der Waals surface area contributed by atoms with Crippen LogP contribution in [0.2, 0.25) is 5.28 Å². The number of halogens is 2. The molecule has 0 aliphatic rings. The summed E-state index contributed by atoms with van der Waals surface area (Å²) in [5, 5.41) is 0.690. The quantitative estimate of drug-likeness (QED) is 0.864. The van der Waals surface area contributed by atoms with E-state index >= 15 is 0 Å². The van der Waals surface area contributed by atoms with Crippen LogP contribution in [0.4, 0.5) is 0 Å². The third-order valence-electron chi connectivity index (χ3n) is 2.36. The van der Waals surface area contributed by atoms with Crippen LogP contribution in [0.15, 0.2) is 27.5 Å². The van der Waals surface area contributed by atoms with Crippen LogP contribution in [-0.4, -0.2) is 15.6 Å². The zero-order chi connectivity index (χ0) is 12.6. The van der Waals surface area contributed by atoms with E-state index in [1.807, 2.05) is 13.0 Å². The molecule has 2 aromatic rings. The third kappa shape index (κ3) is 2.36. The van der Waals surface area contributed by atoms with Crippen molar-refractivity contribution < 1.29 is 0 Å². The lowest BCUT2D eigenvalue weighted by molar-refractivity contribution is 0.571. The van der Waals surface area contributed by atoms with Crippen molar-refractivity contribution in [2.45, 2.75) is 19.5 Å². The first-order valence-corrected chi connectivity index (χ1v) is 6.28. The minimum atomic E-state index is -0.176. The van der Waals surface area contributed by atoms with Gasteiger partial charge in [-0.2, -0.15) is 0 Å². The van der Waals surface area contributed by atoms with Crippen LogP contribution in [-0.2, 0) is 6.54 Å². The highest BCUT2D eigenvalue weighted by Crippen LogP contribution is 2.20. The largest absolute Gasteiger partial charge is 0.326 e. The highest BCUT2D eigenvalue weighted by atomic mass is 79.9. The van der Waals surface area contributed by atoms with E-state index in [0.29, 0.717) is 21.9 Å². The van der Waals surface area contributed by atoms with Crippen LogP contribution in [0.1, 0.15) is 6.92 Å². The predicted octanol–water partition coefficient (Wildman–Crippen LogP) is 2.16. The summed E-state index contributed by atoms with van der Waals surface area (Å²) < 4.78 is 2.10. The average Bonchev–Trinajstić information content (AvgIpc) is 2.23. The molecular formula is C11H11BrClN3O. The van der Waals surface area contributed by atoms with Crippen molar-refractivity contribution in [3.63, 3.8) is 0 Å². The molecule has 2 rings (SSSR count). The van der Waals surface area contributed by atoms with Gasteiger partial charge in [0.05, 0.1) is 10.9 Å². The minimum Gasteiger partial charge on any atom is -0.326 e. The van der Waals surface area contributed by atoms with Crippen LogP contribution >= 0.6 is 27.5 Å². The lowest BCUT2D eigenvalue weighted by Gasteiger charge is -2.11. The smallest absolute Gasteiger partial charge is 0.263 e. The maximum atomic E-state index is 12.3. The van der Waals surface area contributed by atoms with Gasteiger partial charge in [0.15, 0.2) is 0 Å². The summed E-state index contributed by atoms with van der Waals surface area (Å²) in [4.78, 5) is 16.5. The average molecular weight is 317 g/mol. The Morgan fingerprint density at radius 2 is 2.29 bits per heavy atom. The van der Waals surface area contributed by atoms with Gasteiger partial charge in [-0.25, -0.2) is 4.98 Å². The molecule has 0 fully saturated rings. The van der Waals surface area contributed by atoms with Gasteiger partial charge in [-0.3, -0.25) is 9.36 Å². The van der Waals surface area contributed by atoms with Gasteiger partial charge in [-0.1, -0.05) is 6.07 Å². The standard InChI is InChI=1S/C11H11BrClN3O/c1-6(14)5-16-10(17)9-7(12)3-2-4-8(9)15-11(16)13/h2-4,6H,5,14H2,1H3. The number of hydrogen-bond acceptors (Lipinski definition) is 3. The highest BCUT2D eigenvalue weighted by molar-refractivity contribution is 9.10. The molecule has 1 atom stereocenters. The second kappa shape index (κ2) is 4.76. The van der Waals surface area contributed by atoms with Gasteiger partial charge in [0, 0.05) is 17.1 Å². The van der Waals surface area contributed by atoms with E-state index in [-0.39, 0.29) is 16.9 Å². The molecule has 0 saturated heterocycles. The Balaban J connectivity index is 2.79. The van der Waals surface area contributed by atoms with Crippen LogP contribution in [0.25, 0.3) is 10.9 Å². The lowest BCUT2D eigenvalue weighted by atomic mass is 10.2. The Morgan fingerprint density at radius 1 is 1.59 bits per heavy atom. The maximum absolute atomic E-state index is 12.3. The predicted molar refractivity (Wildman–Crippen MR) is 72.4 cm³/mol. The number of rotatable bonds is 2. The summed E-state index contributed by atoms with van der Waals surface area (Å²) >= 11 is 9.33. The molecule has 17 heavy (non-hydrogen) atoms. The number of hydrogen-bond donors (Lipinski definition) is 1. The zero-order valence-corrected chi connectivity index (χ0v) is 11.5. The first-order chi connectivity index (χ1) is 8.00. The Labute approximate surface area is 112 Å². The summed E-state index contributed by atoms with van der Waals surface area (Å²) in [5.74, 6) is 0. The van der Waals surface area contributed by atoms with Gasteiger partial charge in [-0.15, -0.1) is 0 Å². The van der Waals surface area contributed by atoms with Crippen molar-refractivity contribution in [2.24, 2.45) is 5.73 Å². The van der Waals surface area contributed by atoms with Crippen LogP contribution in [0.5, 0.6) is 0 Å². The van der Waals surface area contributed by atoms with E-state index in [9.17, 15) is 4.79 Å². The van der Waals surface area contributed by atoms with E-state index in [4.69, 9.17) is 17.3 Å². The number of nitrogens with zero attached hydrogens (tertiary/aromatic N) is 2. The normalized spacial score (nSPS) is 12.9. The van der Waals surface area contributed by atoms with E-state index < -0.39 is 0 Å². The summed E-state index contributed by atoms with van der Waals surface area (Å²) in [5.41, 5.74) is 6.09. The molecule has 0 radical (unpaired) electrons. The van der Waals surface area contributed by atoms with Crippen molar-refractivity contribution in [3.8, 4) is 0 Å². The molecule has 0 bridgehead atoms. The number of aromatic nitrogens is 2. The third-order valence-corrected chi connectivity index (χ3v) is 3.31. The Kier molecular flexibility index (Phi) is 3.51. The van der Waals surface area contributed by atoms with E-state index in [0.717, 1.165) is 0 Å². The van der Waals surface area contributed by atoms with E-state index in [1.165, 1.54) is 4.57 Å². The second-order valence-electron chi connectivity index (χ2n) is 3.91. The summed E-state index contributed by atoms with van der Waals surface area (Å²) in [6.07, 6.45) is 0. The van der Waals surface area contributed by atoms with Crippen molar-refractivity contribution in [2.75, 3.05) is 0 Å². The van der Waals surface area contributed by atoms with Crippen LogP contribution < -0.4 is 11.3 Å². The molecule has 0 aliphatic carbocycles. The molecule has 90 valence electrons. The molecule has 0 saturated carbocycles. The van der Waals surface area contributed by atoms with Crippen molar-refractivity contribution in [1.29, 1.82) is 0 Å². The van der Waals surface area contributed by atoms with Crippen molar-refractivity contribution in [3.05, 3.63) is 38.3 Å². The zero-order valence-electron chi connectivity index (χ0n) is 9.15. The van der Waals surface area contributed by atoms with Crippen molar-refractivity contribution >= 4 is 38.4 Å². The molecule has 1 unspecified atom stereocenters. The molecule has 1 aromatic carbocycles.